The highest BCUT2D eigenvalue weighted by Crippen LogP contribution is 2.13. The Morgan fingerprint density at radius 1 is 0.900 bits per heavy atom. The lowest BCUT2D eigenvalue weighted by atomic mass is 10.1. The van der Waals surface area contributed by atoms with E-state index < -0.39 is 29.3 Å². The molecule has 1 aromatic carbocycles. The molecule has 1 aromatic rings. The summed E-state index contributed by atoms with van der Waals surface area (Å²) in [6.45, 7) is 13.1. The number of carbonyl (C=O) groups is 3. The highest BCUT2D eigenvalue weighted by molar-refractivity contribution is 5.96. The molecule has 1 unspecified atom stereocenters. The molecule has 1 atom stereocenters. The predicted octanol–water partition coefficient (Wildman–Crippen LogP) is 4.13. The number of unbranched alkanes of at least 4 members (excludes halogenated alkanes) is 1. The highest BCUT2D eigenvalue weighted by Gasteiger charge is 2.26. The average molecular weight is 421 g/mol. The fraction of sp³-hybridized carbons (Fsp3) is 0.609. The monoisotopic (exact) mass is 420 g/mol. The first kappa shape index (κ1) is 25.5. The Kier molecular flexibility index (Phi) is 9.33. The maximum Gasteiger partial charge on any atom is 0.407 e. The Morgan fingerprint density at radius 2 is 1.47 bits per heavy atom. The Balaban J connectivity index is 2.61. The summed E-state index contributed by atoms with van der Waals surface area (Å²) in [7, 11) is 0. The van der Waals surface area contributed by atoms with E-state index in [1.165, 1.54) is 0 Å². The maximum absolute atomic E-state index is 12.6. The molecule has 168 valence electrons. The molecule has 0 aliphatic carbocycles. The van der Waals surface area contributed by atoms with E-state index in [4.69, 9.17) is 9.47 Å². The number of amides is 2. The molecule has 7 heteroatoms. The minimum atomic E-state index is -0.764. The molecule has 0 heterocycles. The van der Waals surface area contributed by atoms with E-state index in [2.05, 4.69) is 10.6 Å². The zero-order chi connectivity index (χ0) is 22.9. The summed E-state index contributed by atoms with van der Waals surface area (Å²) >= 11 is 0. The van der Waals surface area contributed by atoms with Gasteiger partial charge in [-0.15, -0.1) is 0 Å². The Hall–Kier alpha value is -2.57. The number of hydrogen-bond donors (Lipinski definition) is 2. The summed E-state index contributed by atoms with van der Waals surface area (Å²) in [5.74, 6) is -0.791. The molecular weight excluding hydrogens is 384 g/mol. The molecule has 1 rings (SSSR count). The highest BCUT2D eigenvalue weighted by atomic mass is 16.6. The fourth-order valence-electron chi connectivity index (χ4n) is 2.55. The number of nitrogens with one attached hydrogen (secondary N) is 2. The predicted molar refractivity (Wildman–Crippen MR) is 116 cm³/mol. The van der Waals surface area contributed by atoms with Crippen LogP contribution in [0.15, 0.2) is 24.3 Å². The summed E-state index contributed by atoms with van der Waals surface area (Å²) in [5.41, 5.74) is 0.336. The van der Waals surface area contributed by atoms with Crippen LogP contribution < -0.4 is 10.6 Å². The van der Waals surface area contributed by atoms with Crippen molar-refractivity contribution >= 4 is 18.0 Å². The van der Waals surface area contributed by atoms with E-state index >= 15 is 0 Å². The van der Waals surface area contributed by atoms with E-state index in [1.807, 2.05) is 19.1 Å². The van der Waals surface area contributed by atoms with Crippen molar-refractivity contribution in [2.24, 2.45) is 0 Å². The van der Waals surface area contributed by atoms with Gasteiger partial charge in [0.1, 0.15) is 17.2 Å². The van der Waals surface area contributed by atoms with Crippen molar-refractivity contribution in [2.75, 3.05) is 6.54 Å². The molecule has 30 heavy (non-hydrogen) atoms. The first-order chi connectivity index (χ1) is 13.8. The number of carbonyl (C=O) groups excluding carboxylic acids is 3. The molecule has 2 amide bonds. The van der Waals surface area contributed by atoms with Crippen LogP contribution in [0.25, 0.3) is 0 Å². The number of aryl methyl sites for hydroxylation is 1. The molecule has 0 radical (unpaired) electrons. The van der Waals surface area contributed by atoms with Crippen LogP contribution in [0.5, 0.6) is 0 Å². The zero-order valence-corrected chi connectivity index (χ0v) is 19.3. The lowest BCUT2D eigenvalue weighted by Crippen LogP contribution is -2.44. The SMILES string of the molecule is Cc1ccc(C(=O)NC(CCCCNC(=O)OC(C)(C)C)C(=O)OC(C)(C)C)cc1. The van der Waals surface area contributed by atoms with Crippen molar-refractivity contribution < 1.29 is 23.9 Å². The topological polar surface area (TPSA) is 93.7 Å². The number of benzene rings is 1. The van der Waals surface area contributed by atoms with Gasteiger partial charge in [-0.3, -0.25) is 4.79 Å². The Labute approximate surface area is 179 Å². The average Bonchev–Trinajstić information content (AvgIpc) is 2.57. The van der Waals surface area contributed by atoms with Gasteiger partial charge in [-0.25, -0.2) is 9.59 Å². The molecule has 0 spiro atoms. The van der Waals surface area contributed by atoms with Gasteiger partial charge in [-0.05, 0) is 79.9 Å². The molecule has 0 aromatic heterocycles. The molecule has 2 N–H and O–H groups in total. The first-order valence-corrected chi connectivity index (χ1v) is 10.3. The lowest BCUT2D eigenvalue weighted by Gasteiger charge is -2.24. The summed E-state index contributed by atoms with van der Waals surface area (Å²) < 4.78 is 10.6. The van der Waals surface area contributed by atoms with Crippen LogP contribution >= 0.6 is 0 Å². The fourth-order valence-corrected chi connectivity index (χ4v) is 2.55. The van der Waals surface area contributed by atoms with Gasteiger partial charge in [0, 0.05) is 12.1 Å². The van der Waals surface area contributed by atoms with Gasteiger partial charge in [0.25, 0.3) is 5.91 Å². The van der Waals surface area contributed by atoms with Crippen molar-refractivity contribution in [1.82, 2.24) is 10.6 Å². The van der Waals surface area contributed by atoms with Crippen molar-refractivity contribution in [3.05, 3.63) is 35.4 Å². The number of alkyl carbamates (subject to hydrolysis) is 1. The summed E-state index contributed by atoms with van der Waals surface area (Å²) in [4.78, 5) is 36.8. The minimum absolute atomic E-state index is 0.322. The second-order valence-corrected chi connectivity index (χ2v) is 9.35. The molecule has 0 fully saturated rings. The summed E-state index contributed by atoms with van der Waals surface area (Å²) in [5, 5.41) is 5.47. The van der Waals surface area contributed by atoms with E-state index in [0.29, 0.717) is 31.4 Å². The number of rotatable bonds is 8. The zero-order valence-electron chi connectivity index (χ0n) is 19.3. The van der Waals surface area contributed by atoms with Gasteiger partial charge in [0.05, 0.1) is 0 Å². The van der Waals surface area contributed by atoms with E-state index in [1.54, 1.807) is 53.7 Å². The Bertz CT molecular complexity index is 715. The van der Waals surface area contributed by atoms with Crippen LogP contribution in [0.1, 0.15) is 76.7 Å². The van der Waals surface area contributed by atoms with Crippen LogP contribution in [0.4, 0.5) is 4.79 Å². The molecule has 0 aliphatic heterocycles. The second kappa shape index (κ2) is 11.0. The van der Waals surface area contributed by atoms with Gasteiger partial charge in [0.2, 0.25) is 0 Å². The van der Waals surface area contributed by atoms with Crippen molar-refractivity contribution in [3.63, 3.8) is 0 Å². The van der Waals surface area contributed by atoms with Crippen LogP contribution in [-0.4, -0.2) is 41.8 Å². The quantitative estimate of drug-likeness (QED) is 0.487. The van der Waals surface area contributed by atoms with E-state index in [-0.39, 0.29) is 5.91 Å². The first-order valence-electron chi connectivity index (χ1n) is 10.3. The third kappa shape index (κ3) is 10.8. The van der Waals surface area contributed by atoms with Gasteiger partial charge in [-0.1, -0.05) is 17.7 Å². The molecule has 0 aliphatic rings. The van der Waals surface area contributed by atoms with Crippen LogP contribution in [0, 0.1) is 6.92 Å². The largest absolute Gasteiger partial charge is 0.458 e. The maximum atomic E-state index is 12.6. The van der Waals surface area contributed by atoms with E-state index in [0.717, 1.165) is 5.56 Å². The van der Waals surface area contributed by atoms with Gasteiger partial charge in [0.15, 0.2) is 0 Å². The van der Waals surface area contributed by atoms with Crippen LogP contribution in [0.2, 0.25) is 0 Å². The third-order valence-corrected chi connectivity index (χ3v) is 3.90. The van der Waals surface area contributed by atoms with Crippen LogP contribution in [0.3, 0.4) is 0 Å². The summed E-state index contributed by atoms with van der Waals surface area (Å²) in [6.07, 6.45) is 1.19. The number of esters is 1. The van der Waals surface area contributed by atoms with Gasteiger partial charge < -0.3 is 20.1 Å². The smallest absolute Gasteiger partial charge is 0.407 e. The second-order valence-electron chi connectivity index (χ2n) is 9.35. The van der Waals surface area contributed by atoms with Crippen molar-refractivity contribution in [3.8, 4) is 0 Å². The van der Waals surface area contributed by atoms with Crippen molar-refractivity contribution in [2.45, 2.75) is 85.0 Å². The molecule has 0 saturated carbocycles. The van der Waals surface area contributed by atoms with Crippen molar-refractivity contribution in [1.29, 1.82) is 0 Å². The van der Waals surface area contributed by atoms with Gasteiger partial charge in [-0.2, -0.15) is 0 Å². The molecule has 0 bridgehead atoms. The number of ether oxygens (including phenoxy) is 2. The third-order valence-electron chi connectivity index (χ3n) is 3.90. The van der Waals surface area contributed by atoms with Gasteiger partial charge >= 0.3 is 12.1 Å². The number of hydrogen-bond acceptors (Lipinski definition) is 5. The molecular formula is C23H36N2O5. The Morgan fingerprint density at radius 3 is 2.00 bits per heavy atom. The minimum Gasteiger partial charge on any atom is -0.458 e. The van der Waals surface area contributed by atoms with E-state index in [9.17, 15) is 14.4 Å². The molecule has 7 nitrogen and oxygen atoms in total. The lowest BCUT2D eigenvalue weighted by molar-refractivity contribution is -0.157. The standard InChI is InChI=1S/C23H36N2O5/c1-16-11-13-17(14-12-16)19(26)25-18(20(27)29-22(2,3)4)10-8-9-15-24-21(28)30-23(5,6)7/h11-14,18H,8-10,15H2,1-7H3,(H,24,28)(H,25,26). The normalized spacial score (nSPS) is 12.6. The summed E-state index contributed by atoms with van der Waals surface area (Å²) in [6, 6.07) is 6.38. The van der Waals surface area contributed by atoms with Crippen LogP contribution in [-0.2, 0) is 14.3 Å². The molecule has 0 saturated heterocycles.